The maximum absolute atomic E-state index is 12.4. The zero-order valence-electron chi connectivity index (χ0n) is 18.7. The predicted molar refractivity (Wildman–Crippen MR) is 128 cm³/mol. The molecule has 0 radical (unpaired) electrons. The summed E-state index contributed by atoms with van der Waals surface area (Å²) in [5, 5.41) is 5.14. The van der Waals surface area contributed by atoms with Crippen LogP contribution in [0.25, 0.3) is 0 Å². The molecule has 0 bridgehead atoms. The van der Waals surface area contributed by atoms with Crippen molar-refractivity contribution in [3.63, 3.8) is 0 Å². The van der Waals surface area contributed by atoms with Crippen molar-refractivity contribution in [3.8, 4) is 0 Å². The first kappa shape index (κ1) is 24.2. The summed E-state index contributed by atoms with van der Waals surface area (Å²) in [5.41, 5.74) is 1.49. The fourth-order valence-electron chi connectivity index (χ4n) is 3.56. The Labute approximate surface area is 202 Å². The number of rotatable bonds is 9. The van der Waals surface area contributed by atoms with Crippen molar-refractivity contribution in [1.82, 2.24) is 10.0 Å². The van der Waals surface area contributed by atoms with Crippen LogP contribution in [0.4, 0.5) is 11.4 Å². The van der Waals surface area contributed by atoms with Crippen LogP contribution in [0.1, 0.15) is 29.0 Å². The van der Waals surface area contributed by atoms with Crippen molar-refractivity contribution in [1.29, 1.82) is 0 Å². The number of sulfonamides is 1. The number of carbonyl (C=O) groups is 3. The standard InChI is InChI=1S/C24H24N4O6S/c29-22(16-25-24(31)17-5-9-19(10-6-17)28-13-1-4-23(28)30)27-18-7-11-21(12-8-18)35(32,33)26-15-20-3-2-14-34-20/h2-3,5-12,14,26H,1,4,13,15-16H2,(H,25,31)(H,27,29). The first-order chi connectivity index (χ1) is 16.8. The van der Waals surface area contributed by atoms with E-state index in [1.165, 1.54) is 30.5 Å². The Bertz CT molecular complexity index is 1300. The van der Waals surface area contributed by atoms with Crippen molar-refractivity contribution in [3.05, 3.63) is 78.3 Å². The lowest BCUT2D eigenvalue weighted by Crippen LogP contribution is -2.33. The summed E-state index contributed by atoms with van der Waals surface area (Å²) in [7, 11) is -3.75. The molecule has 1 aliphatic rings. The molecule has 3 amide bonds. The fourth-order valence-corrected chi connectivity index (χ4v) is 4.56. The van der Waals surface area contributed by atoms with E-state index in [1.807, 2.05) is 0 Å². The number of furan rings is 1. The van der Waals surface area contributed by atoms with Gasteiger partial charge in [0.05, 0.1) is 24.2 Å². The topological polar surface area (TPSA) is 138 Å². The Morgan fingerprint density at radius 2 is 1.74 bits per heavy atom. The molecule has 11 heteroatoms. The van der Waals surface area contributed by atoms with Crippen LogP contribution in [0, 0.1) is 0 Å². The number of nitrogens with zero attached hydrogens (tertiary/aromatic N) is 1. The van der Waals surface area contributed by atoms with Crippen LogP contribution in [0.2, 0.25) is 0 Å². The van der Waals surface area contributed by atoms with Crippen LogP contribution in [0.3, 0.4) is 0 Å². The summed E-state index contributed by atoms with van der Waals surface area (Å²) in [6.45, 7) is 0.418. The highest BCUT2D eigenvalue weighted by Gasteiger charge is 2.21. The van der Waals surface area contributed by atoms with Gasteiger partial charge in [0.25, 0.3) is 5.91 Å². The lowest BCUT2D eigenvalue weighted by atomic mass is 10.2. The van der Waals surface area contributed by atoms with E-state index in [0.29, 0.717) is 30.0 Å². The van der Waals surface area contributed by atoms with Crippen molar-refractivity contribution >= 4 is 39.1 Å². The molecule has 1 fully saturated rings. The number of hydrogen-bond donors (Lipinski definition) is 3. The summed E-state index contributed by atoms with van der Waals surface area (Å²) in [5.74, 6) is -0.348. The number of nitrogens with one attached hydrogen (secondary N) is 3. The smallest absolute Gasteiger partial charge is 0.251 e. The lowest BCUT2D eigenvalue weighted by Gasteiger charge is -2.15. The van der Waals surface area contributed by atoms with Crippen molar-refractivity contribution < 1.29 is 27.2 Å². The van der Waals surface area contributed by atoms with Gasteiger partial charge in [0, 0.05) is 29.9 Å². The Morgan fingerprint density at radius 3 is 2.37 bits per heavy atom. The number of benzene rings is 2. The van der Waals surface area contributed by atoms with Crippen LogP contribution < -0.4 is 20.3 Å². The van der Waals surface area contributed by atoms with Gasteiger partial charge in [-0.2, -0.15) is 0 Å². The molecule has 2 heterocycles. The average Bonchev–Trinajstić information content (AvgIpc) is 3.53. The molecular weight excluding hydrogens is 472 g/mol. The molecule has 1 aromatic heterocycles. The molecule has 1 saturated heterocycles. The highest BCUT2D eigenvalue weighted by atomic mass is 32.2. The first-order valence-corrected chi connectivity index (χ1v) is 12.4. The molecule has 3 N–H and O–H groups in total. The second-order valence-corrected chi connectivity index (χ2v) is 9.62. The summed E-state index contributed by atoms with van der Waals surface area (Å²) < 4.78 is 32.3. The van der Waals surface area contributed by atoms with Gasteiger partial charge in [-0.15, -0.1) is 0 Å². The largest absolute Gasteiger partial charge is 0.468 e. The molecule has 10 nitrogen and oxygen atoms in total. The van der Waals surface area contributed by atoms with Gasteiger partial charge in [0.2, 0.25) is 21.8 Å². The van der Waals surface area contributed by atoms with Crippen LogP contribution in [-0.2, 0) is 26.2 Å². The molecule has 35 heavy (non-hydrogen) atoms. The highest BCUT2D eigenvalue weighted by Crippen LogP contribution is 2.21. The van der Waals surface area contributed by atoms with Crippen molar-refractivity contribution in [2.24, 2.45) is 0 Å². The quantitative estimate of drug-likeness (QED) is 0.415. The summed E-state index contributed by atoms with van der Waals surface area (Å²) in [6.07, 6.45) is 2.80. The highest BCUT2D eigenvalue weighted by molar-refractivity contribution is 7.89. The number of hydrogen-bond acceptors (Lipinski definition) is 6. The molecule has 4 rings (SSSR count). The van der Waals surface area contributed by atoms with Gasteiger partial charge in [-0.3, -0.25) is 14.4 Å². The van der Waals surface area contributed by atoms with E-state index in [-0.39, 0.29) is 23.9 Å². The van der Waals surface area contributed by atoms with Crippen LogP contribution in [0.15, 0.2) is 76.2 Å². The third-order valence-electron chi connectivity index (χ3n) is 5.39. The maximum Gasteiger partial charge on any atom is 0.251 e. The zero-order valence-corrected chi connectivity index (χ0v) is 19.5. The predicted octanol–water partition coefficient (Wildman–Crippen LogP) is 2.25. The Morgan fingerprint density at radius 1 is 1.00 bits per heavy atom. The van der Waals surface area contributed by atoms with Gasteiger partial charge < -0.3 is 20.0 Å². The molecule has 0 unspecified atom stereocenters. The summed E-state index contributed by atoms with van der Waals surface area (Å²) in [4.78, 5) is 38.1. The second kappa shape index (κ2) is 10.5. The van der Waals surface area contributed by atoms with E-state index in [1.54, 1.807) is 41.3 Å². The van der Waals surface area contributed by atoms with Gasteiger partial charge in [-0.05, 0) is 67.1 Å². The Balaban J connectivity index is 1.26. The summed E-state index contributed by atoms with van der Waals surface area (Å²) in [6, 6.07) is 15.6. The molecule has 182 valence electrons. The van der Waals surface area contributed by atoms with Gasteiger partial charge in [-0.1, -0.05) is 0 Å². The zero-order chi connectivity index (χ0) is 24.8. The minimum absolute atomic E-state index is 0.0205. The average molecular weight is 497 g/mol. The number of carbonyl (C=O) groups excluding carboxylic acids is 3. The Hall–Kier alpha value is -3.96. The first-order valence-electron chi connectivity index (χ1n) is 10.9. The minimum Gasteiger partial charge on any atom is -0.468 e. The van der Waals surface area contributed by atoms with Crippen LogP contribution in [0.5, 0.6) is 0 Å². The molecule has 2 aromatic carbocycles. The molecule has 0 saturated carbocycles. The molecule has 0 atom stereocenters. The SMILES string of the molecule is O=C(CNC(=O)c1ccc(N2CCCC2=O)cc1)Nc1ccc(S(=O)(=O)NCc2ccco2)cc1. The van der Waals surface area contributed by atoms with E-state index in [9.17, 15) is 22.8 Å². The molecule has 0 spiro atoms. The summed E-state index contributed by atoms with van der Waals surface area (Å²) >= 11 is 0. The lowest BCUT2D eigenvalue weighted by molar-refractivity contribution is -0.117. The minimum atomic E-state index is -3.75. The van der Waals surface area contributed by atoms with E-state index in [4.69, 9.17) is 4.42 Å². The molecular formula is C24H24N4O6S. The van der Waals surface area contributed by atoms with Crippen LogP contribution >= 0.6 is 0 Å². The molecule has 1 aliphatic heterocycles. The second-order valence-electron chi connectivity index (χ2n) is 7.85. The van der Waals surface area contributed by atoms with Crippen molar-refractivity contribution in [2.75, 3.05) is 23.3 Å². The Kier molecular flexibility index (Phi) is 7.28. The third kappa shape index (κ3) is 6.14. The monoisotopic (exact) mass is 496 g/mol. The number of anilines is 2. The normalized spacial score (nSPS) is 13.6. The van der Waals surface area contributed by atoms with Gasteiger partial charge >= 0.3 is 0 Å². The van der Waals surface area contributed by atoms with E-state index in [2.05, 4.69) is 15.4 Å². The van der Waals surface area contributed by atoms with Gasteiger partial charge in [0.1, 0.15) is 5.76 Å². The molecule has 3 aromatic rings. The van der Waals surface area contributed by atoms with E-state index in [0.717, 1.165) is 12.1 Å². The molecule has 0 aliphatic carbocycles. The third-order valence-corrected chi connectivity index (χ3v) is 6.81. The fraction of sp³-hybridized carbons (Fsp3) is 0.208. The van der Waals surface area contributed by atoms with E-state index >= 15 is 0 Å². The van der Waals surface area contributed by atoms with Crippen molar-refractivity contribution in [2.45, 2.75) is 24.3 Å². The van der Waals surface area contributed by atoms with Gasteiger partial charge in [-0.25, -0.2) is 13.1 Å². The maximum atomic E-state index is 12.4. The van der Waals surface area contributed by atoms with Crippen LogP contribution in [-0.4, -0.2) is 39.2 Å². The van der Waals surface area contributed by atoms with E-state index < -0.39 is 21.8 Å². The van der Waals surface area contributed by atoms with Gasteiger partial charge in [0.15, 0.2) is 0 Å². The number of amides is 3.